The summed E-state index contributed by atoms with van der Waals surface area (Å²) in [6.45, 7) is 3.67. The summed E-state index contributed by atoms with van der Waals surface area (Å²) >= 11 is 0. The van der Waals surface area contributed by atoms with Crippen molar-refractivity contribution in [1.29, 1.82) is 0 Å². The molecule has 0 spiro atoms. The Balaban J connectivity index is 2.84. The van der Waals surface area contributed by atoms with Crippen molar-refractivity contribution in [1.82, 2.24) is 0 Å². The lowest BCUT2D eigenvalue weighted by Crippen LogP contribution is -2.00. The molecule has 2 aromatic rings. The molecule has 88 valence electrons. The molecule has 0 saturated heterocycles. The first kappa shape index (κ1) is 11.8. The number of hydrogen-bond acceptors (Lipinski definition) is 2. The van der Waals surface area contributed by atoms with E-state index in [2.05, 4.69) is 6.58 Å². The second kappa shape index (κ2) is 4.31. The highest BCUT2D eigenvalue weighted by atomic mass is 32.2. The highest BCUT2D eigenvalue weighted by Crippen LogP contribution is 2.26. The molecule has 17 heavy (non-hydrogen) atoms. The summed E-state index contributed by atoms with van der Waals surface area (Å²) in [5.74, 6) is 0. The third kappa shape index (κ3) is 2.23. The van der Waals surface area contributed by atoms with Crippen LogP contribution in [0.25, 0.3) is 10.8 Å². The largest absolute Gasteiger partial charge is 0.295 e. The van der Waals surface area contributed by atoms with Gasteiger partial charge in [0.2, 0.25) is 0 Å². The molecule has 0 radical (unpaired) electrons. The van der Waals surface area contributed by atoms with Crippen LogP contribution in [0, 0.1) is 0 Å². The van der Waals surface area contributed by atoms with E-state index in [4.69, 9.17) is 4.55 Å². The van der Waals surface area contributed by atoms with Gasteiger partial charge in [-0.05, 0) is 23.4 Å². The Bertz CT molecular complexity index is 672. The molecule has 0 heterocycles. The Labute approximate surface area is 100 Å². The minimum absolute atomic E-state index is 0.0547. The SMILES string of the molecule is C=CCc1ccc(S(=O)(=O)O)c2ccccc12. The van der Waals surface area contributed by atoms with E-state index in [9.17, 15) is 8.42 Å². The summed E-state index contributed by atoms with van der Waals surface area (Å²) < 4.78 is 31.7. The molecule has 0 atom stereocenters. The maximum Gasteiger partial charge on any atom is 0.295 e. The topological polar surface area (TPSA) is 54.4 Å². The molecule has 2 aromatic carbocycles. The van der Waals surface area contributed by atoms with Crippen molar-refractivity contribution in [2.24, 2.45) is 0 Å². The molecule has 0 aliphatic heterocycles. The smallest absolute Gasteiger partial charge is 0.282 e. The fraction of sp³-hybridized carbons (Fsp3) is 0.0769. The zero-order valence-electron chi connectivity index (χ0n) is 9.13. The van der Waals surface area contributed by atoms with Crippen LogP contribution in [0.2, 0.25) is 0 Å². The van der Waals surface area contributed by atoms with Gasteiger partial charge in [-0.25, -0.2) is 0 Å². The van der Waals surface area contributed by atoms with E-state index < -0.39 is 10.1 Å². The predicted molar refractivity (Wildman–Crippen MR) is 67.7 cm³/mol. The van der Waals surface area contributed by atoms with Gasteiger partial charge in [0.05, 0.1) is 0 Å². The highest BCUT2D eigenvalue weighted by molar-refractivity contribution is 7.86. The number of fused-ring (bicyclic) bond motifs is 1. The van der Waals surface area contributed by atoms with E-state index in [0.717, 1.165) is 10.9 Å². The molecule has 0 bridgehead atoms. The Morgan fingerprint density at radius 2 is 1.76 bits per heavy atom. The monoisotopic (exact) mass is 248 g/mol. The van der Waals surface area contributed by atoms with Crippen molar-refractivity contribution in [2.75, 3.05) is 0 Å². The average Bonchev–Trinajstić information content (AvgIpc) is 2.28. The first-order valence-electron chi connectivity index (χ1n) is 5.13. The molecule has 0 unspecified atom stereocenters. The number of allylic oxidation sites excluding steroid dienone is 1. The third-order valence-electron chi connectivity index (χ3n) is 2.62. The molecule has 0 fully saturated rings. The van der Waals surface area contributed by atoms with Crippen molar-refractivity contribution < 1.29 is 13.0 Å². The van der Waals surface area contributed by atoms with Gasteiger partial charge < -0.3 is 0 Å². The maximum absolute atomic E-state index is 11.3. The summed E-state index contributed by atoms with van der Waals surface area (Å²) in [4.78, 5) is -0.0547. The van der Waals surface area contributed by atoms with Crippen LogP contribution >= 0.6 is 0 Å². The Hall–Kier alpha value is -1.65. The van der Waals surface area contributed by atoms with E-state index in [1.54, 1.807) is 24.3 Å². The van der Waals surface area contributed by atoms with Gasteiger partial charge in [-0.1, -0.05) is 36.4 Å². The van der Waals surface area contributed by atoms with Crippen LogP contribution in [-0.2, 0) is 16.5 Å². The lowest BCUT2D eigenvalue weighted by atomic mass is 10.0. The second-order valence-corrected chi connectivity index (χ2v) is 5.13. The summed E-state index contributed by atoms with van der Waals surface area (Å²) in [6, 6.07) is 10.2. The van der Waals surface area contributed by atoms with Crippen molar-refractivity contribution >= 4 is 20.9 Å². The van der Waals surface area contributed by atoms with E-state index in [1.165, 1.54) is 6.07 Å². The second-order valence-electron chi connectivity index (χ2n) is 3.74. The molecule has 1 N–H and O–H groups in total. The van der Waals surface area contributed by atoms with Crippen LogP contribution in [0.1, 0.15) is 5.56 Å². The summed E-state index contributed by atoms with van der Waals surface area (Å²) in [6.07, 6.45) is 2.42. The lowest BCUT2D eigenvalue weighted by molar-refractivity contribution is 0.484. The quantitative estimate of drug-likeness (QED) is 0.671. The van der Waals surface area contributed by atoms with Crippen LogP contribution in [0.15, 0.2) is 53.9 Å². The Morgan fingerprint density at radius 3 is 2.35 bits per heavy atom. The Kier molecular flexibility index (Phi) is 3.00. The van der Waals surface area contributed by atoms with Crippen molar-refractivity contribution in [3.63, 3.8) is 0 Å². The first-order chi connectivity index (χ1) is 8.04. The molecule has 0 saturated carbocycles. The van der Waals surface area contributed by atoms with Gasteiger partial charge in [0, 0.05) is 5.39 Å². The van der Waals surface area contributed by atoms with Gasteiger partial charge in [-0.3, -0.25) is 4.55 Å². The molecule has 0 aliphatic rings. The van der Waals surface area contributed by atoms with E-state index >= 15 is 0 Å². The summed E-state index contributed by atoms with van der Waals surface area (Å²) in [7, 11) is -4.19. The van der Waals surface area contributed by atoms with Gasteiger partial charge >= 0.3 is 0 Å². The molecule has 0 aromatic heterocycles. The molecule has 0 amide bonds. The average molecular weight is 248 g/mol. The minimum atomic E-state index is -4.19. The zero-order chi connectivity index (χ0) is 12.5. The van der Waals surface area contributed by atoms with Gasteiger partial charge in [0.1, 0.15) is 4.90 Å². The first-order valence-corrected chi connectivity index (χ1v) is 6.57. The molecular weight excluding hydrogens is 236 g/mol. The third-order valence-corrected chi connectivity index (χ3v) is 3.53. The van der Waals surface area contributed by atoms with E-state index in [1.807, 2.05) is 12.1 Å². The molecule has 0 aliphatic carbocycles. The van der Waals surface area contributed by atoms with Gasteiger partial charge in [-0.15, -0.1) is 6.58 Å². The zero-order valence-corrected chi connectivity index (χ0v) is 9.94. The van der Waals surface area contributed by atoms with Gasteiger partial charge in [0.25, 0.3) is 10.1 Å². The van der Waals surface area contributed by atoms with Crippen molar-refractivity contribution in [2.45, 2.75) is 11.3 Å². The van der Waals surface area contributed by atoms with Crippen molar-refractivity contribution in [3.05, 3.63) is 54.6 Å². The lowest BCUT2D eigenvalue weighted by Gasteiger charge is -2.07. The molecule has 4 heteroatoms. The number of rotatable bonds is 3. The molecule has 2 rings (SSSR count). The fourth-order valence-electron chi connectivity index (χ4n) is 1.89. The van der Waals surface area contributed by atoms with Crippen LogP contribution in [-0.4, -0.2) is 13.0 Å². The summed E-state index contributed by atoms with van der Waals surface area (Å²) in [5, 5.41) is 1.36. The Morgan fingerprint density at radius 1 is 1.12 bits per heavy atom. The molecule has 3 nitrogen and oxygen atoms in total. The van der Waals surface area contributed by atoms with Crippen LogP contribution in [0.4, 0.5) is 0 Å². The molecular formula is C13H12O3S. The standard InChI is InChI=1S/C13H12O3S/c1-2-5-10-8-9-13(17(14,15)16)12-7-4-3-6-11(10)12/h2-4,6-9H,1,5H2,(H,14,15,16). The van der Waals surface area contributed by atoms with Crippen molar-refractivity contribution in [3.8, 4) is 0 Å². The van der Waals surface area contributed by atoms with Crippen LogP contribution in [0.3, 0.4) is 0 Å². The predicted octanol–water partition coefficient (Wildman–Crippen LogP) is 2.82. The van der Waals surface area contributed by atoms with E-state index in [-0.39, 0.29) is 4.90 Å². The minimum Gasteiger partial charge on any atom is -0.282 e. The number of hydrogen-bond donors (Lipinski definition) is 1. The highest BCUT2D eigenvalue weighted by Gasteiger charge is 2.14. The fourth-order valence-corrected chi connectivity index (χ4v) is 2.59. The van der Waals surface area contributed by atoms with Crippen LogP contribution in [0.5, 0.6) is 0 Å². The number of benzene rings is 2. The van der Waals surface area contributed by atoms with Gasteiger partial charge in [-0.2, -0.15) is 8.42 Å². The van der Waals surface area contributed by atoms with Gasteiger partial charge in [0.15, 0.2) is 0 Å². The van der Waals surface area contributed by atoms with Crippen LogP contribution < -0.4 is 0 Å². The summed E-state index contributed by atoms with van der Waals surface area (Å²) in [5.41, 5.74) is 0.989. The normalized spacial score (nSPS) is 11.6. The van der Waals surface area contributed by atoms with E-state index in [0.29, 0.717) is 11.8 Å². The maximum atomic E-state index is 11.3.